The number of alkyl halides is 7. The highest BCUT2D eigenvalue weighted by atomic mass is 19.4. The molecule has 0 aromatic heterocycles. The highest BCUT2D eigenvalue weighted by Crippen LogP contribution is 2.39. The van der Waals surface area contributed by atoms with Gasteiger partial charge in [0, 0.05) is 18.1 Å². The molecule has 13 heteroatoms. The quantitative estimate of drug-likeness (QED) is 0.193. The molecule has 1 amide bonds. The van der Waals surface area contributed by atoms with Crippen molar-refractivity contribution in [3.05, 3.63) is 136 Å². The number of carbonyl (C=O) groups excluding carboxylic acids is 1. The first-order chi connectivity index (χ1) is 20.6. The molecule has 4 aromatic rings. The van der Waals surface area contributed by atoms with Gasteiger partial charge in [0.1, 0.15) is 17.4 Å². The van der Waals surface area contributed by atoms with Crippen molar-refractivity contribution in [2.75, 3.05) is 0 Å². The molecular weight excluding hydrogens is 603 g/mol. The van der Waals surface area contributed by atoms with Crippen LogP contribution in [0.2, 0.25) is 0 Å². The van der Waals surface area contributed by atoms with E-state index in [1.807, 2.05) is 6.07 Å². The Labute approximate surface area is 244 Å². The van der Waals surface area contributed by atoms with E-state index in [2.05, 4.69) is 10.1 Å². The van der Waals surface area contributed by atoms with Crippen LogP contribution in [-0.4, -0.2) is 18.4 Å². The molecule has 44 heavy (non-hydrogen) atoms. The predicted molar refractivity (Wildman–Crippen MR) is 139 cm³/mol. The molecule has 4 nitrogen and oxygen atoms in total. The lowest BCUT2D eigenvalue weighted by Gasteiger charge is -2.37. The molecule has 0 aliphatic rings. The van der Waals surface area contributed by atoms with E-state index >= 15 is 0 Å². The van der Waals surface area contributed by atoms with Gasteiger partial charge in [0.2, 0.25) is 0 Å². The molecule has 0 heterocycles. The standard InChI is InChI=1S/C31H19F9N2O2/c32-23-13-22(14-24(15-23)44-31(39,40)28(34)35)29(16-18-4-2-1-3-5-18,21-9-6-19(17-41)7-10-21)42-27(43)20-8-11-26(33)25(12-20)30(36,37)38/h1-15,28H,16H2,(H,42,43)/t29-/m1/s1. The Bertz CT molecular complexity index is 1690. The number of nitriles is 1. The monoisotopic (exact) mass is 622 g/mol. The third kappa shape index (κ3) is 6.96. The Hall–Kier alpha value is -4.99. The van der Waals surface area contributed by atoms with E-state index in [4.69, 9.17) is 0 Å². The van der Waals surface area contributed by atoms with E-state index in [0.29, 0.717) is 17.7 Å². The van der Waals surface area contributed by atoms with Gasteiger partial charge in [-0.25, -0.2) is 8.78 Å². The van der Waals surface area contributed by atoms with Crippen molar-refractivity contribution in [2.24, 2.45) is 0 Å². The lowest BCUT2D eigenvalue weighted by Crippen LogP contribution is -2.48. The average Bonchev–Trinajstić information content (AvgIpc) is 2.96. The summed E-state index contributed by atoms with van der Waals surface area (Å²) in [6, 6.07) is 18.6. The lowest BCUT2D eigenvalue weighted by molar-refractivity contribution is -0.253. The second kappa shape index (κ2) is 12.3. The zero-order valence-electron chi connectivity index (χ0n) is 22.1. The fraction of sp³-hybridized carbons (Fsp3) is 0.161. The molecule has 4 aromatic carbocycles. The van der Waals surface area contributed by atoms with Crippen molar-refractivity contribution in [1.82, 2.24) is 5.32 Å². The Morgan fingerprint density at radius 1 is 0.841 bits per heavy atom. The van der Waals surface area contributed by atoms with Crippen molar-refractivity contribution in [1.29, 1.82) is 5.26 Å². The summed E-state index contributed by atoms with van der Waals surface area (Å²) in [5.41, 5.74) is -4.09. The van der Waals surface area contributed by atoms with Crippen LogP contribution in [0, 0.1) is 23.0 Å². The van der Waals surface area contributed by atoms with Gasteiger partial charge in [0.15, 0.2) is 0 Å². The Morgan fingerprint density at radius 3 is 2.09 bits per heavy atom. The van der Waals surface area contributed by atoms with E-state index in [1.165, 1.54) is 24.3 Å². The summed E-state index contributed by atoms with van der Waals surface area (Å²) < 4.78 is 127. The molecule has 0 radical (unpaired) electrons. The van der Waals surface area contributed by atoms with Crippen molar-refractivity contribution < 1.29 is 49.0 Å². The first-order valence-electron chi connectivity index (χ1n) is 12.5. The maximum absolute atomic E-state index is 15.0. The number of nitrogens with one attached hydrogen (secondary N) is 1. The van der Waals surface area contributed by atoms with Crippen LogP contribution in [0.4, 0.5) is 39.5 Å². The zero-order valence-corrected chi connectivity index (χ0v) is 22.1. The molecule has 0 spiro atoms. The molecule has 0 fully saturated rings. The third-order valence-electron chi connectivity index (χ3n) is 6.55. The summed E-state index contributed by atoms with van der Waals surface area (Å²) in [4.78, 5) is 13.6. The van der Waals surface area contributed by atoms with Crippen LogP contribution in [0.3, 0.4) is 0 Å². The van der Waals surface area contributed by atoms with Crippen molar-refractivity contribution >= 4 is 5.91 Å². The van der Waals surface area contributed by atoms with Gasteiger partial charge in [-0.15, -0.1) is 0 Å². The predicted octanol–water partition coefficient (Wildman–Crippen LogP) is 8.01. The van der Waals surface area contributed by atoms with Crippen LogP contribution in [0.5, 0.6) is 5.75 Å². The van der Waals surface area contributed by atoms with Gasteiger partial charge in [-0.2, -0.15) is 36.0 Å². The number of nitrogens with zero attached hydrogens (tertiary/aromatic N) is 1. The summed E-state index contributed by atoms with van der Waals surface area (Å²) in [5.74, 6) is -5.17. The third-order valence-corrected chi connectivity index (χ3v) is 6.55. The largest absolute Gasteiger partial charge is 0.461 e. The van der Waals surface area contributed by atoms with Gasteiger partial charge in [0.05, 0.1) is 22.7 Å². The SMILES string of the molecule is N#Cc1ccc([C@@](Cc2ccccc2)(NC(=O)c2ccc(F)c(C(F)(F)F)c2)c2cc(F)cc(OC(F)(F)C(F)F)c2)cc1. The normalized spacial score (nSPS) is 13.2. The summed E-state index contributed by atoms with van der Waals surface area (Å²) in [5, 5.41) is 11.8. The molecule has 0 bridgehead atoms. The average molecular weight is 622 g/mol. The fourth-order valence-electron chi connectivity index (χ4n) is 4.51. The molecule has 4 rings (SSSR count). The van der Waals surface area contributed by atoms with Gasteiger partial charge < -0.3 is 10.1 Å². The number of rotatable bonds is 9. The highest BCUT2D eigenvalue weighted by molar-refractivity contribution is 5.95. The van der Waals surface area contributed by atoms with Crippen molar-refractivity contribution in [3.8, 4) is 11.8 Å². The van der Waals surface area contributed by atoms with Gasteiger partial charge in [-0.1, -0.05) is 42.5 Å². The first-order valence-corrected chi connectivity index (χ1v) is 12.5. The Balaban J connectivity index is 1.97. The van der Waals surface area contributed by atoms with Crippen LogP contribution in [0.25, 0.3) is 0 Å². The zero-order chi connectivity index (χ0) is 32.3. The van der Waals surface area contributed by atoms with Gasteiger partial charge >= 0.3 is 18.7 Å². The smallest absolute Gasteiger partial charge is 0.428 e. The van der Waals surface area contributed by atoms with Crippen LogP contribution >= 0.6 is 0 Å². The summed E-state index contributed by atoms with van der Waals surface area (Å²) in [6.07, 6.45) is -14.8. The highest BCUT2D eigenvalue weighted by Gasteiger charge is 2.45. The number of amides is 1. The number of halogens is 9. The molecule has 0 aliphatic carbocycles. The fourth-order valence-corrected chi connectivity index (χ4v) is 4.51. The van der Waals surface area contributed by atoms with E-state index < -0.39 is 58.7 Å². The first kappa shape index (κ1) is 31.9. The Kier molecular flexibility index (Phi) is 8.94. The number of benzene rings is 4. The maximum Gasteiger partial charge on any atom is 0.461 e. The minimum absolute atomic E-state index is 0.0871. The van der Waals surface area contributed by atoms with Gasteiger partial charge in [-0.05, 0) is 59.2 Å². The molecule has 0 unspecified atom stereocenters. The molecule has 0 aliphatic heterocycles. The molecule has 0 saturated heterocycles. The van der Waals surface area contributed by atoms with Gasteiger partial charge in [-0.3, -0.25) is 4.79 Å². The molecule has 228 valence electrons. The molecular formula is C31H19F9N2O2. The summed E-state index contributed by atoms with van der Waals surface area (Å²) in [7, 11) is 0. The van der Waals surface area contributed by atoms with Crippen LogP contribution in [-0.2, 0) is 18.1 Å². The number of ether oxygens (including phenoxy) is 1. The van der Waals surface area contributed by atoms with Crippen molar-refractivity contribution in [3.63, 3.8) is 0 Å². The van der Waals surface area contributed by atoms with E-state index in [1.54, 1.807) is 30.3 Å². The van der Waals surface area contributed by atoms with Crippen LogP contribution in [0.1, 0.15) is 38.2 Å². The number of hydrogen-bond donors (Lipinski definition) is 1. The second-order valence-corrected chi connectivity index (χ2v) is 9.54. The van der Waals surface area contributed by atoms with Gasteiger partial charge in [0.25, 0.3) is 5.91 Å². The molecule has 1 atom stereocenters. The van der Waals surface area contributed by atoms with Crippen molar-refractivity contribution in [2.45, 2.75) is 30.7 Å². The summed E-state index contributed by atoms with van der Waals surface area (Å²) >= 11 is 0. The van der Waals surface area contributed by atoms with Crippen LogP contribution in [0.15, 0.2) is 91.0 Å². The van der Waals surface area contributed by atoms with Crippen LogP contribution < -0.4 is 10.1 Å². The molecule has 1 N–H and O–H groups in total. The lowest BCUT2D eigenvalue weighted by atomic mass is 9.77. The van der Waals surface area contributed by atoms with E-state index in [9.17, 15) is 49.6 Å². The second-order valence-electron chi connectivity index (χ2n) is 9.54. The number of hydrogen-bond acceptors (Lipinski definition) is 3. The number of carbonyl (C=O) groups is 1. The summed E-state index contributed by atoms with van der Waals surface area (Å²) in [6.45, 7) is 0. The topological polar surface area (TPSA) is 62.1 Å². The van der Waals surface area contributed by atoms with E-state index in [0.717, 1.165) is 18.2 Å². The van der Waals surface area contributed by atoms with E-state index in [-0.39, 0.29) is 29.2 Å². The minimum atomic E-state index is -5.17. The maximum atomic E-state index is 15.0. The molecule has 0 saturated carbocycles. The Morgan fingerprint density at radius 2 is 1.50 bits per heavy atom. The minimum Gasteiger partial charge on any atom is -0.428 e.